The molecule has 0 heterocycles. The van der Waals surface area contributed by atoms with Gasteiger partial charge >= 0.3 is 0 Å². The van der Waals surface area contributed by atoms with E-state index in [1.54, 1.807) is 0 Å². The van der Waals surface area contributed by atoms with Crippen molar-refractivity contribution in [2.24, 2.45) is 11.8 Å². The van der Waals surface area contributed by atoms with Crippen LogP contribution in [0.5, 0.6) is 0 Å². The van der Waals surface area contributed by atoms with E-state index in [0.717, 1.165) is 21.6 Å². The summed E-state index contributed by atoms with van der Waals surface area (Å²) in [6.07, 6.45) is 4.25. The lowest BCUT2D eigenvalue weighted by molar-refractivity contribution is -0.0384. The van der Waals surface area contributed by atoms with Crippen molar-refractivity contribution < 1.29 is 4.74 Å². The minimum absolute atomic E-state index is 0.156. The molecule has 0 N–H and O–H groups in total. The highest BCUT2D eigenvalue weighted by molar-refractivity contribution is 9.10. The summed E-state index contributed by atoms with van der Waals surface area (Å²) in [5.74, 6) is 1.62. The van der Waals surface area contributed by atoms with Crippen LogP contribution in [0, 0.1) is 11.8 Å². The molecule has 1 aliphatic carbocycles. The first kappa shape index (κ1) is 15.5. The van der Waals surface area contributed by atoms with Crippen molar-refractivity contribution in [1.29, 1.82) is 0 Å². The highest BCUT2D eigenvalue weighted by Gasteiger charge is 2.27. The minimum atomic E-state index is 0.156. The van der Waals surface area contributed by atoms with E-state index < -0.39 is 0 Å². The van der Waals surface area contributed by atoms with Crippen molar-refractivity contribution in [2.45, 2.75) is 45.3 Å². The van der Waals surface area contributed by atoms with Crippen LogP contribution in [0.2, 0.25) is 0 Å². The van der Waals surface area contributed by atoms with Gasteiger partial charge in [-0.2, -0.15) is 0 Å². The molecule has 1 nitrogen and oxygen atoms in total. The zero-order chi connectivity index (χ0) is 13.8. The third kappa shape index (κ3) is 4.30. The Hall–Kier alpha value is 0.140. The van der Waals surface area contributed by atoms with Crippen molar-refractivity contribution >= 4 is 31.9 Å². The second kappa shape index (κ2) is 7.24. The molecule has 1 aromatic rings. The number of rotatable bonds is 4. The van der Waals surface area contributed by atoms with Crippen LogP contribution in [-0.4, -0.2) is 11.4 Å². The largest absolute Gasteiger partial charge is 0.369 e. The molecule has 0 amide bonds. The fraction of sp³-hybridized carbons (Fsp3) is 0.625. The zero-order valence-electron chi connectivity index (χ0n) is 11.6. The summed E-state index contributed by atoms with van der Waals surface area (Å²) in [6, 6.07) is 8.43. The highest BCUT2D eigenvalue weighted by Crippen LogP contribution is 2.34. The molecule has 106 valence electrons. The molecule has 1 aliphatic rings. The molecule has 0 aromatic heterocycles. The van der Waals surface area contributed by atoms with Crippen LogP contribution >= 0.6 is 31.9 Å². The molecular weight excluding hydrogens is 368 g/mol. The standard InChI is InChI=1S/C16H22Br2O/c1-11-6-7-15(8-12(11)2)19-16(10-17)13-4-3-5-14(18)9-13/h3-5,9,11-12,15-16H,6-8,10H2,1-2H3. The predicted octanol–water partition coefficient (Wildman–Crippen LogP) is 5.73. The molecule has 19 heavy (non-hydrogen) atoms. The fourth-order valence-corrected chi connectivity index (χ4v) is 3.71. The Kier molecular flexibility index (Phi) is 5.91. The van der Waals surface area contributed by atoms with E-state index in [9.17, 15) is 0 Å². The molecule has 3 heteroatoms. The van der Waals surface area contributed by atoms with Gasteiger partial charge in [0.1, 0.15) is 0 Å². The normalized spacial score (nSPS) is 29.2. The second-order valence-corrected chi connectivity index (χ2v) is 7.29. The van der Waals surface area contributed by atoms with Crippen LogP contribution in [0.15, 0.2) is 28.7 Å². The summed E-state index contributed by atoms with van der Waals surface area (Å²) < 4.78 is 7.45. The molecular formula is C16H22Br2O. The van der Waals surface area contributed by atoms with Crippen LogP contribution in [0.1, 0.15) is 44.8 Å². The van der Waals surface area contributed by atoms with E-state index in [1.165, 1.54) is 24.8 Å². The Morgan fingerprint density at radius 3 is 2.68 bits per heavy atom. The number of alkyl halides is 1. The van der Waals surface area contributed by atoms with Crippen LogP contribution in [-0.2, 0) is 4.74 Å². The van der Waals surface area contributed by atoms with E-state index in [1.807, 2.05) is 0 Å². The number of halogens is 2. The van der Waals surface area contributed by atoms with Gasteiger partial charge in [-0.1, -0.05) is 57.8 Å². The lowest BCUT2D eigenvalue weighted by Crippen LogP contribution is -2.28. The maximum atomic E-state index is 6.33. The Morgan fingerprint density at radius 2 is 2.05 bits per heavy atom. The van der Waals surface area contributed by atoms with Crippen molar-refractivity contribution in [3.8, 4) is 0 Å². The number of ether oxygens (including phenoxy) is 1. The maximum Gasteiger partial charge on any atom is 0.0925 e. The van der Waals surface area contributed by atoms with Gasteiger partial charge in [-0.15, -0.1) is 0 Å². The molecule has 0 bridgehead atoms. The molecule has 0 aliphatic heterocycles. The van der Waals surface area contributed by atoms with E-state index in [2.05, 4.69) is 70.0 Å². The van der Waals surface area contributed by atoms with Gasteiger partial charge in [0.05, 0.1) is 12.2 Å². The van der Waals surface area contributed by atoms with Crippen LogP contribution in [0.4, 0.5) is 0 Å². The van der Waals surface area contributed by atoms with Crippen molar-refractivity contribution in [3.05, 3.63) is 34.3 Å². The quantitative estimate of drug-likeness (QED) is 0.597. The van der Waals surface area contributed by atoms with Gasteiger partial charge < -0.3 is 4.74 Å². The molecule has 0 spiro atoms. The molecule has 4 atom stereocenters. The first-order chi connectivity index (χ1) is 9.10. The summed E-state index contributed by atoms with van der Waals surface area (Å²) in [6.45, 7) is 4.71. The first-order valence-corrected chi connectivity index (χ1v) is 8.98. The van der Waals surface area contributed by atoms with E-state index in [0.29, 0.717) is 6.10 Å². The SMILES string of the molecule is CC1CCC(OC(CBr)c2cccc(Br)c2)CC1C. The molecule has 1 fully saturated rings. The van der Waals surface area contributed by atoms with E-state index in [-0.39, 0.29) is 6.10 Å². The molecule has 1 saturated carbocycles. The summed E-state index contributed by atoms with van der Waals surface area (Å²) in [5.41, 5.74) is 1.25. The lowest BCUT2D eigenvalue weighted by Gasteiger charge is -2.34. The van der Waals surface area contributed by atoms with Gasteiger partial charge in [-0.05, 0) is 48.8 Å². The van der Waals surface area contributed by atoms with Gasteiger partial charge in [-0.3, -0.25) is 0 Å². The number of benzene rings is 1. The summed E-state index contributed by atoms with van der Waals surface area (Å²) in [7, 11) is 0. The third-order valence-corrected chi connectivity index (χ3v) is 5.35. The topological polar surface area (TPSA) is 9.23 Å². The molecule has 0 radical (unpaired) electrons. The fourth-order valence-electron chi connectivity index (χ4n) is 2.76. The van der Waals surface area contributed by atoms with Crippen LogP contribution in [0.3, 0.4) is 0 Å². The first-order valence-electron chi connectivity index (χ1n) is 7.07. The summed E-state index contributed by atoms with van der Waals surface area (Å²) in [4.78, 5) is 0. The van der Waals surface area contributed by atoms with E-state index >= 15 is 0 Å². The molecule has 2 rings (SSSR count). The van der Waals surface area contributed by atoms with Gasteiger partial charge in [0.25, 0.3) is 0 Å². The smallest absolute Gasteiger partial charge is 0.0925 e. The van der Waals surface area contributed by atoms with Gasteiger partial charge in [0, 0.05) is 9.80 Å². The number of hydrogen-bond donors (Lipinski definition) is 0. The summed E-state index contributed by atoms with van der Waals surface area (Å²) in [5, 5.41) is 0.851. The van der Waals surface area contributed by atoms with Crippen molar-refractivity contribution in [3.63, 3.8) is 0 Å². The monoisotopic (exact) mass is 388 g/mol. The van der Waals surface area contributed by atoms with Gasteiger partial charge in [0.15, 0.2) is 0 Å². The van der Waals surface area contributed by atoms with E-state index in [4.69, 9.17) is 4.74 Å². The Bertz CT molecular complexity index is 407. The lowest BCUT2D eigenvalue weighted by atomic mass is 9.80. The maximum absolute atomic E-state index is 6.33. The molecule has 0 saturated heterocycles. The Labute approximate surface area is 133 Å². The van der Waals surface area contributed by atoms with Crippen molar-refractivity contribution in [1.82, 2.24) is 0 Å². The Morgan fingerprint density at radius 1 is 1.26 bits per heavy atom. The average Bonchev–Trinajstić information content (AvgIpc) is 2.40. The predicted molar refractivity (Wildman–Crippen MR) is 87.7 cm³/mol. The Balaban J connectivity index is 1.99. The molecule has 4 unspecified atom stereocenters. The highest BCUT2D eigenvalue weighted by atomic mass is 79.9. The van der Waals surface area contributed by atoms with Gasteiger partial charge in [-0.25, -0.2) is 0 Å². The van der Waals surface area contributed by atoms with Gasteiger partial charge in [0.2, 0.25) is 0 Å². The number of hydrogen-bond acceptors (Lipinski definition) is 1. The molecule has 1 aromatic carbocycles. The third-order valence-electron chi connectivity index (χ3n) is 4.27. The zero-order valence-corrected chi connectivity index (χ0v) is 14.8. The van der Waals surface area contributed by atoms with Crippen LogP contribution in [0.25, 0.3) is 0 Å². The van der Waals surface area contributed by atoms with Crippen molar-refractivity contribution in [2.75, 3.05) is 5.33 Å². The minimum Gasteiger partial charge on any atom is -0.369 e. The van der Waals surface area contributed by atoms with Crippen LogP contribution < -0.4 is 0 Å². The average molecular weight is 390 g/mol. The summed E-state index contributed by atoms with van der Waals surface area (Å²) >= 11 is 7.12. The second-order valence-electron chi connectivity index (χ2n) is 5.72.